The molecular weight excluding hydrogens is 152 g/mol. The molecule has 0 aromatic carbocycles. The molecule has 2 heteroatoms. The number of hydrogen-bond donors (Lipinski definition) is 2. The van der Waals surface area contributed by atoms with Gasteiger partial charge in [-0.3, -0.25) is 0 Å². The van der Waals surface area contributed by atoms with Gasteiger partial charge in [0.2, 0.25) is 0 Å². The average Bonchev–Trinajstić information content (AvgIpc) is 1.95. The van der Waals surface area contributed by atoms with Crippen LogP contribution in [0.5, 0.6) is 0 Å². The van der Waals surface area contributed by atoms with Crippen molar-refractivity contribution in [2.75, 3.05) is 0 Å². The lowest BCUT2D eigenvalue weighted by molar-refractivity contribution is -0.158. The maximum atomic E-state index is 9.17. The zero-order valence-corrected chi connectivity index (χ0v) is 8.51. The molecule has 0 bridgehead atoms. The normalized spacial score (nSPS) is 14.8. The van der Waals surface area contributed by atoms with E-state index in [2.05, 4.69) is 13.8 Å². The zero-order valence-electron chi connectivity index (χ0n) is 8.51. The number of aliphatic hydroxyl groups is 2. The van der Waals surface area contributed by atoms with Gasteiger partial charge in [0.1, 0.15) is 0 Å². The van der Waals surface area contributed by atoms with Gasteiger partial charge in [0.25, 0.3) is 0 Å². The molecule has 12 heavy (non-hydrogen) atoms. The Bertz CT molecular complexity index is 105. The highest BCUT2D eigenvalue weighted by molar-refractivity contribution is 4.65. The molecule has 0 aliphatic carbocycles. The molecule has 0 heterocycles. The zero-order chi connectivity index (χ0) is 9.61. The third-order valence-electron chi connectivity index (χ3n) is 2.22. The molecule has 0 amide bonds. The van der Waals surface area contributed by atoms with Crippen molar-refractivity contribution in [3.8, 4) is 0 Å². The molecule has 0 saturated heterocycles. The quantitative estimate of drug-likeness (QED) is 0.606. The van der Waals surface area contributed by atoms with Crippen LogP contribution in [0.15, 0.2) is 0 Å². The van der Waals surface area contributed by atoms with Crippen molar-refractivity contribution >= 4 is 0 Å². The minimum Gasteiger partial charge on any atom is -0.366 e. The first kappa shape index (κ1) is 11.9. The predicted molar refractivity (Wildman–Crippen MR) is 50.8 cm³/mol. The summed E-state index contributed by atoms with van der Waals surface area (Å²) in [4.78, 5) is 0. The molecule has 0 aromatic rings. The third-order valence-corrected chi connectivity index (χ3v) is 2.22. The summed E-state index contributed by atoms with van der Waals surface area (Å²) >= 11 is 0. The van der Waals surface area contributed by atoms with E-state index in [0.29, 0.717) is 12.3 Å². The summed E-state index contributed by atoms with van der Waals surface area (Å²) in [5, 5.41) is 18.3. The van der Waals surface area contributed by atoms with Crippen LogP contribution in [-0.2, 0) is 0 Å². The minimum absolute atomic E-state index is 0.463. The van der Waals surface area contributed by atoms with Crippen molar-refractivity contribution < 1.29 is 10.2 Å². The van der Waals surface area contributed by atoms with Gasteiger partial charge in [-0.1, -0.05) is 39.5 Å². The van der Waals surface area contributed by atoms with Crippen LogP contribution < -0.4 is 0 Å². The van der Waals surface area contributed by atoms with Gasteiger partial charge in [-0.05, 0) is 12.8 Å². The van der Waals surface area contributed by atoms with Crippen LogP contribution in [0.1, 0.15) is 52.9 Å². The third kappa shape index (κ3) is 6.62. The molecule has 0 aliphatic rings. The second-order valence-corrected chi connectivity index (χ2v) is 3.84. The first-order valence-corrected chi connectivity index (χ1v) is 4.94. The van der Waals surface area contributed by atoms with Crippen molar-refractivity contribution in [2.24, 2.45) is 5.92 Å². The van der Waals surface area contributed by atoms with E-state index in [1.54, 1.807) is 0 Å². The van der Waals surface area contributed by atoms with Crippen molar-refractivity contribution in [1.29, 1.82) is 0 Å². The highest BCUT2D eigenvalue weighted by Crippen LogP contribution is 2.22. The van der Waals surface area contributed by atoms with Gasteiger partial charge in [0, 0.05) is 6.42 Å². The maximum absolute atomic E-state index is 9.17. The molecular formula is C10H22O2. The number of rotatable bonds is 6. The van der Waals surface area contributed by atoms with Crippen LogP contribution >= 0.6 is 0 Å². The van der Waals surface area contributed by atoms with E-state index in [1.165, 1.54) is 19.8 Å². The highest BCUT2D eigenvalue weighted by Gasteiger charge is 2.20. The van der Waals surface area contributed by atoms with Gasteiger partial charge in [-0.15, -0.1) is 0 Å². The Morgan fingerprint density at radius 3 is 2.17 bits per heavy atom. The average molecular weight is 174 g/mol. The van der Waals surface area contributed by atoms with Gasteiger partial charge >= 0.3 is 0 Å². The molecule has 0 aliphatic heterocycles. The van der Waals surface area contributed by atoms with Crippen LogP contribution in [0, 0.1) is 5.92 Å². The van der Waals surface area contributed by atoms with Crippen LogP contribution in [0.2, 0.25) is 0 Å². The molecule has 0 radical (unpaired) electrons. The summed E-state index contributed by atoms with van der Waals surface area (Å²) in [6.45, 7) is 5.72. The van der Waals surface area contributed by atoms with Gasteiger partial charge in [0.15, 0.2) is 5.79 Å². The molecule has 0 saturated carbocycles. The number of unbranched alkanes of at least 4 members (excludes halogenated alkanes) is 1. The molecule has 0 aromatic heterocycles. The molecule has 2 nitrogen and oxygen atoms in total. The van der Waals surface area contributed by atoms with E-state index in [9.17, 15) is 10.2 Å². The van der Waals surface area contributed by atoms with Crippen LogP contribution in [0.4, 0.5) is 0 Å². The van der Waals surface area contributed by atoms with E-state index < -0.39 is 5.79 Å². The Labute approximate surface area is 75.6 Å². The summed E-state index contributed by atoms with van der Waals surface area (Å²) < 4.78 is 0. The molecule has 0 rings (SSSR count). The summed E-state index contributed by atoms with van der Waals surface area (Å²) in [5.74, 6) is -1.01. The fourth-order valence-corrected chi connectivity index (χ4v) is 1.49. The lowest BCUT2D eigenvalue weighted by Gasteiger charge is -2.22. The maximum Gasteiger partial charge on any atom is 0.159 e. The molecule has 1 atom stereocenters. The largest absolute Gasteiger partial charge is 0.366 e. The van der Waals surface area contributed by atoms with E-state index in [1.807, 2.05) is 0 Å². The lowest BCUT2D eigenvalue weighted by Crippen LogP contribution is -2.26. The van der Waals surface area contributed by atoms with E-state index in [4.69, 9.17) is 0 Å². The Morgan fingerprint density at radius 2 is 1.83 bits per heavy atom. The first-order valence-electron chi connectivity index (χ1n) is 4.94. The minimum atomic E-state index is -1.48. The summed E-state index contributed by atoms with van der Waals surface area (Å²) in [7, 11) is 0. The first-order chi connectivity index (χ1) is 5.49. The SMILES string of the molecule is CCCCC(CC)CC(C)(O)O. The van der Waals surface area contributed by atoms with Crippen molar-refractivity contribution in [3.63, 3.8) is 0 Å². The second-order valence-electron chi connectivity index (χ2n) is 3.84. The van der Waals surface area contributed by atoms with Gasteiger partial charge in [0.05, 0.1) is 0 Å². The smallest absolute Gasteiger partial charge is 0.159 e. The molecule has 0 fully saturated rings. The van der Waals surface area contributed by atoms with Gasteiger partial charge in [-0.2, -0.15) is 0 Å². The Hall–Kier alpha value is -0.0800. The molecule has 2 N–H and O–H groups in total. The van der Waals surface area contributed by atoms with E-state index in [-0.39, 0.29) is 0 Å². The number of hydrogen-bond acceptors (Lipinski definition) is 2. The molecule has 1 unspecified atom stereocenters. The summed E-state index contributed by atoms with van der Waals surface area (Å²) in [6.07, 6.45) is 5.03. The second kappa shape index (κ2) is 5.55. The van der Waals surface area contributed by atoms with Gasteiger partial charge in [-0.25, -0.2) is 0 Å². The Morgan fingerprint density at radius 1 is 1.25 bits per heavy atom. The van der Waals surface area contributed by atoms with E-state index in [0.717, 1.165) is 12.8 Å². The fraction of sp³-hybridized carbons (Fsp3) is 1.00. The van der Waals surface area contributed by atoms with Crippen LogP contribution in [0.25, 0.3) is 0 Å². The van der Waals surface area contributed by atoms with Crippen molar-refractivity contribution in [3.05, 3.63) is 0 Å². The van der Waals surface area contributed by atoms with Crippen LogP contribution in [-0.4, -0.2) is 16.0 Å². The topological polar surface area (TPSA) is 40.5 Å². The Balaban J connectivity index is 3.67. The van der Waals surface area contributed by atoms with Crippen molar-refractivity contribution in [1.82, 2.24) is 0 Å². The monoisotopic (exact) mass is 174 g/mol. The lowest BCUT2D eigenvalue weighted by atomic mass is 9.92. The summed E-state index contributed by atoms with van der Waals surface area (Å²) in [5.41, 5.74) is 0. The standard InChI is InChI=1S/C10H22O2/c1-4-6-7-9(5-2)8-10(3,11)12/h9,11-12H,4-8H2,1-3H3. The van der Waals surface area contributed by atoms with Crippen LogP contribution in [0.3, 0.4) is 0 Å². The molecule has 0 spiro atoms. The van der Waals surface area contributed by atoms with E-state index >= 15 is 0 Å². The fourth-order valence-electron chi connectivity index (χ4n) is 1.49. The predicted octanol–water partition coefficient (Wildman–Crippen LogP) is 2.29. The molecule has 74 valence electrons. The van der Waals surface area contributed by atoms with Gasteiger partial charge < -0.3 is 10.2 Å². The highest BCUT2D eigenvalue weighted by atomic mass is 16.5. The summed E-state index contributed by atoms with van der Waals surface area (Å²) in [6, 6.07) is 0. The Kier molecular flexibility index (Phi) is 5.51. The van der Waals surface area contributed by atoms with Crippen molar-refractivity contribution in [2.45, 2.75) is 58.7 Å².